The van der Waals surface area contributed by atoms with Crippen molar-refractivity contribution in [2.24, 2.45) is 0 Å². The molecule has 6 nitrogen and oxygen atoms in total. The van der Waals surface area contributed by atoms with E-state index in [1.807, 2.05) is 0 Å². The van der Waals surface area contributed by atoms with E-state index in [9.17, 15) is 4.79 Å². The zero-order chi connectivity index (χ0) is 11.1. The number of alkyl halides is 1. The molecular formula is C8H13ClN4O2. The van der Waals surface area contributed by atoms with Crippen LogP contribution in [0.1, 0.15) is 5.82 Å². The minimum atomic E-state index is -0.113. The van der Waals surface area contributed by atoms with Crippen LogP contribution in [0.3, 0.4) is 0 Å². The number of nitrogens with zero attached hydrogens (tertiary/aromatic N) is 3. The number of nitrogens with one attached hydrogen (secondary N) is 1. The van der Waals surface area contributed by atoms with Crippen LogP contribution in [-0.4, -0.2) is 40.9 Å². The lowest BCUT2D eigenvalue weighted by atomic mass is 10.5. The quantitative estimate of drug-likeness (QED) is 0.544. The number of hydrogen-bond donors (Lipinski definition) is 1. The van der Waals surface area contributed by atoms with Gasteiger partial charge in [-0.2, -0.15) is 0 Å². The summed E-state index contributed by atoms with van der Waals surface area (Å²) in [5.41, 5.74) is 0. The molecule has 15 heavy (non-hydrogen) atoms. The molecule has 1 heterocycles. The van der Waals surface area contributed by atoms with Crippen molar-refractivity contribution >= 4 is 17.5 Å². The lowest BCUT2D eigenvalue weighted by molar-refractivity contribution is -0.121. The SMILES string of the molecule is COCCNC(=O)Cn1cnnc1CCl. The van der Waals surface area contributed by atoms with Crippen LogP contribution >= 0.6 is 11.6 Å². The Morgan fingerprint density at radius 2 is 2.53 bits per heavy atom. The van der Waals surface area contributed by atoms with Gasteiger partial charge in [-0.25, -0.2) is 0 Å². The van der Waals surface area contributed by atoms with Gasteiger partial charge < -0.3 is 14.6 Å². The van der Waals surface area contributed by atoms with E-state index in [2.05, 4.69) is 15.5 Å². The lowest BCUT2D eigenvalue weighted by Crippen LogP contribution is -2.30. The average Bonchev–Trinajstić information content (AvgIpc) is 2.65. The topological polar surface area (TPSA) is 69.0 Å². The molecule has 1 aromatic heterocycles. The van der Waals surface area contributed by atoms with Crippen molar-refractivity contribution in [1.82, 2.24) is 20.1 Å². The maximum atomic E-state index is 11.4. The van der Waals surface area contributed by atoms with Gasteiger partial charge in [0.25, 0.3) is 0 Å². The molecule has 0 aromatic carbocycles. The normalized spacial score (nSPS) is 10.3. The lowest BCUT2D eigenvalue weighted by Gasteiger charge is -2.05. The first kappa shape index (κ1) is 11.9. The van der Waals surface area contributed by atoms with Crippen molar-refractivity contribution in [2.75, 3.05) is 20.3 Å². The molecule has 0 saturated heterocycles. The Morgan fingerprint density at radius 1 is 1.73 bits per heavy atom. The second kappa shape index (κ2) is 6.36. The van der Waals surface area contributed by atoms with Crippen molar-refractivity contribution in [2.45, 2.75) is 12.4 Å². The Hall–Kier alpha value is -1.14. The number of aromatic nitrogens is 3. The molecule has 0 aliphatic heterocycles. The standard InChI is InChI=1S/C8H13ClN4O2/c1-15-3-2-10-8(14)5-13-6-11-12-7(13)4-9/h6H,2-5H2,1H3,(H,10,14). The van der Waals surface area contributed by atoms with Crippen LogP contribution in [0.2, 0.25) is 0 Å². The second-order valence-corrected chi connectivity index (χ2v) is 3.12. The highest BCUT2D eigenvalue weighted by atomic mass is 35.5. The number of ether oxygens (including phenoxy) is 1. The van der Waals surface area contributed by atoms with E-state index in [1.165, 1.54) is 6.33 Å². The first-order chi connectivity index (χ1) is 7.27. The summed E-state index contributed by atoms with van der Waals surface area (Å²) in [7, 11) is 1.58. The van der Waals surface area contributed by atoms with E-state index in [0.717, 1.165) is 0 Å². The van der Waals surface area contributed by atoms with Crippen LogP contribution in [0.5, 0.6) is 0 Å². The number of carbonyl (C=O) groups is 1. The zero-order valence-corrected chi connectivity index (χ0v) is 9.20. The van der Waals surface area contributed by atoms with Gasteiger partial charge in [0.05, 0.1) is 12.5 Å². The van der Waals surface area contributed by atoms with E-state index in [0.29, 0.717) is 19.0 Å². The molecule has 7 heteroatoms. The van der Waals surface area contributed by atoms with Gasteiger partial charge in [-0.15, -0.1) is 21.8 Å². The third kappa shape index (κ3) is 3.85. The molecule has 0 aliphatic carbocycles. The van der Waals surface area contributed by atoms with E-state index in [4.69, 9.17) is 16.3 Å². The van der Waals surface area contributed by atoms with Crippen LogP contribution in [0.4, 0.5) is 0 Å². The fourth-order valence-corrected chi connectivity index (χ4v) is 1.22. The van der Waals surface area contributed by atoms with Crippen LogP contribution in [0.15, 0.2) is 6.33 Å². The number of hydrogen-bond acceptors (Lipinski definition) is 4. The van der Waals surface area contributed by atoms with Crippen LogP contribution in [-0.2, 0) is 22.0 Å². The Morgan fingerprint density at radius 3 is 3.20 bits per heavy atom. The average molecular weight is 233 g/mol. The van der Waals surface area contributed by atoms with Crippen LogP contribution < -0.4 is 5.32 Å². The molecular weight excluding hydrogens is 220 g/mol. The molecule has 0 atom stereocenters. The number of rotatable bonds is 6. The van der Waals surface area contributed by atoms with Crippen molar-refractivity contribution in [3.8, 4) is 0 Å². The molecule has 0 aliphatic rings. The van der Waals surface area contributed by atoms with E-state index < -0.39 is 0 Å². The Kier molecular flexibility index (Phi) is 5.06. The Bertz CT molecular complexity index is 315. The van der Waals surface area contributed by atoms with Gasteiger partial charge >= 0.3 is 0 Å². The van der Waals surface area contributed by atoms with Crippen molar-refractivity contribution in [1.29, 1.82) is 0 Å². The molecule has 0 saturated carbocycles. The van der Waals surface area contributed by atoms with Crippen molar-refractivity contribution < 1.29 is 9.53 Å². The van der Waals surface area contributed by atoms with Crippen molar-refractivity contribution in [3.05, 3.63) is 12.2 Å². The van der Waals surface area contributed by atoms with Gasteiger partial charge in [0.2, 0.25) is 5.91 Å². The minimum absolute atomic E-state index is 0.113. The molecule has 0 fully saturated rings. The largest absolute Gasteiger partial charge is 0.383 e. The van der Waals surface area contributed by atoms with Gasteiger partial charge in [0.1, 0.15) is 18.7 Å². The minimum Gasteiger partial charge on any atom is -0.383 e. The molecule has 0 spiro atoms. The summed E-state index contributed by atoms with van der Waals surface area (Å²) < 4.78 is 6.41. The number of carbonyl (C=O) groups excluding carboxylic acids is 1. The number of methoxy groups -OCH3 is 1. The fourth-order valence-electron chi connectivity index (χ4n) is 1.02. The Labute approximate surface area is 92.6 Å². The molecule has 1 amide bonds. The first-order valence-electron chi connectivity index (χ1n) is 4.46. The highest BCUT2D eigenvalue weighted by molar-refractivity contribution is 6.16. The summed E-state index contributed by atoms with van der Waals surface area (Å²) in [6.45, 7) is 1.17. The van der Waals surface area contributed by atoms with Gasteiger partial charge in [-0.1, -0.05) is 0 Å². The Balaban J connectivity index is 2.37. The predicted molar refractivity (Wildman–Crippen MR) is 54.5 cm³/mol. The van der Waals surface area contributed by atoms with Crippen molar-refractivity contribution in [3.63, 3.8) is 0 Å². The molecule has 1 rings (SSSR count). The summed E-state index contributed by atoms with van der Waals surface area (Å²) in [6.07, 6.45) is 1.48. The summed E-state index contributed by atoms with van der Waals surface area (Å²) in [5, 5.41) is 10.1. The molecule has 84 valence electrons. The summed E-state index contributed by atoms with van der Waals surface area (Å²) in [5.74, 6) is 0.711. The fraction of sp³-hybridized carbons (Fsp3) is 0.625. The highest BCUT2D eigenvalue weighted by Crippen LogP contribution is 1.98. The highest BCUT2D eigenvalue weighted by Gasteiger charge is 2.06. The van der Waals surface area contributed by atoms with E-state index >= 15 is 0 Å². The summed E-state index contributed by atoms with van der Waals surface area (Å²) in [6, 6.07) is 0. The van der Waals surface area contributed by atoms with E-state index in [1.54, 1.807) is 11.7 Å². The second-order valence-electron chi connectivity index (χ2n) is 2.85. The van der Waals surface area contributed by atoms with E-state index in [-0.39, 0.29) is 18.3 Å². The maximum Gasteiger partial charge on any atom is 0.240 e. The third-order valence-corrected chi connectivity index (χ3v) is 2.00. The monoisotopic (exact) mass is 232 g/mol. The first-order valence-corrected chi connectivity index (χ1v) is 4.99. The molecule has 0 unspecified atom stereocenters. The van der Waals surface area contributed by atoms with Gasteiger partial charge in [-0.05, 0) is 0 Å². The number of amides is 1. The predicted octanol–water partition coefficient (Wildman–Crippen LogP) is -0.221. The third-order valence-electron chi connectivity index (χ3n) is 1.76. The summed E-state index contributed by atoms with van der Waals surface area (Å²) >= 11 is 5.61. The van der Waals surface area contributed by atoms with Gasteiger partial charge in [0.15, 0.2) is 0 Å². The smallest absolute Gasteiger partial charge is 0.240 e. The van der Waals surface area contributed by atoms with Crippen LogP contribution in [0.25, 0.3) is 0 Å². The maximum absolute atomic E-state index is 11.4. The molecule has 1 N–H and O–H groups in total. The zero-order valence-electron chi connectivity index (χ0n) is 8.44. The summed E-state index contributed by atoms with van der Waals surface area (Å²) in [4.78, 5) is 11.4. The molecule has 0 bridgehead atoms. The van der Waals surface area contributed by atoms with Crippen LogP contribution in [0, 0.1) is 0 Å². The van der Waals surface area contributed by atoms with Gasteiger partial charge in [-0.3, -0.25) is 4.79 Å². The molecule has 0 radical (unpaired) electrons. The number of halogens is 1. The van der Waals surface area contributed by atoms with Gasteiger partial charge in [0, 0.05) is 13.7 Å². The molecule has 1 aromatic rings.